The standard InChI is InChI=1S/C20H19Cl2N3O3/c1-2-27-15-6-8-16(9-7-15)28-13-19(26)24-18-10-11-23-25(18)12-14-4-3-5-17(21)20(14)22/h3-11H,2,12-13H2,1H3,(H,24,26). The third kappa shape index (κ3) is 5.18. The molecule has 0 saturated heterocycles. The maximum absolute atomic E-state index is 12.2. The normalized spacial score (nSPS) is 10.5. The number of halogens is 2. The first-order valence-electron chi connectivity index (χ1n) is 8.67. The van der Waals surface area contributed by atoms with Crippen LogP contribution in [0, 0.1) is 0 Å². The molecule has 146 valence electrons. The molecule has 1 N–H and O–H groups in total. The second-order valence-electron chi connectivity index (χ2n) is 5.83. The van der Waals surface area contributed by atoms with E-state index in [0.717, 1.165) is 11.3 Å². The van der Waals surface area contributed by atoms with Crippen molar-refractivity contribution in [2.24, 2.45) is 0 Å². The predicted molar refractivity (Wildman–Crippen MR) is 110 cm³/mol. The Kier molecular flexibility index (Phi) is 6.79. The van der Waals surface area contributed by atoms with Crippen LogP contribution >= 0.6 is 23.2 Å². The highest BCUT2D eigenvalue weighted by Gasteiger charge is 2.11. The minimum Gasteiger partial charge on any atom is -0.494 e. The number of benzene rings is 2. The molecule has 0 bridgehead atoms. The number of aromatic nitrogens is 2. The van der Waals surface area contributed by atoms with Gasteiger partial charge in [-0.1, -0.05) is 35.3 Å². The number of nitrogens with one attached hydrogen (secondary N) is 1. The molecule has 3 rings (SSSR count). The maximum atomic E-state index is 12.2. The van der Waals surface area contributed by atoms with Crippen LogP contribution < -0.4 is 14.8 Å². The third-order valence-corrected chi connectivity index (χ3v) is 4.70. The molecule has 0 atom stereocenters. The molecule has 1 amide bonds. The molecule has 0 radical (unpaired) electrons. The summed E-state index contributed by atoms with van der Waals surface area (Å²) in [6.07, 6.45) is 1.60. The van der Waals surface area contributed by atoms with Gasteiger partial charge < -0.3 is 14.8 Å². The first-order valence-corrected chi connectivity index (χ1v) is 9.42. The van der Waals surface area contributed by atoms with Gasteiger partial charge in [0.15, 0.2) is 6.61 Å². The average Bonchev–Trinajstić information content (AvgIpc) is 3.12. The van der Waals surface area contributed by atoms with Crippen molar-refractivity contribution in [1.29, 1.82) is 0 Å². The summed E-state index contributed by atoms with van der Waals surface area (Å²) in [5.74, 6) is 1.57. The molecular formula is C20H19Cl2N3O3. The van der Waals surface area contributed by atoms with Gasteiger partial charge in [0.1, 0.15) is 17.3 Å². The molecule has 1 aromatic heterocycles. The van der Waals surface area contributed by atoms with E-state index in [0.29, 0.717) is 34.8 Å². The Bertz CT molecular complexity index is 942. The van der Waals surface area contributed by atoms with Crippen molar-refractivity contribution in [2.75, 3.05) is 18.5 Å². The van der Waals surface area contributed by atoms with Crippen molar-refractivity contribution in [3.63, 3.8) is 0 Å². The highest BCUT2D eigenvalue weighted by Crippen LogP contribution is 2.26. The fraction of sp³-hybridized carbons (Fsp3) is 0.200. The van der Waals surface area contributed by atoms with Gasteiger partial charge in [0.25, 0.3) is 5.91 Å². The second kappa shape index (κ2) is 9.48. The molecular weight excluding hydrogens is 401 g/mol. The first kappa shape index (κ1) is 20.0. The lowest BCUT2D eigenvalue weighted by Gasteiger charge is -2.11. The van der Waals surface area contributed by atoms with E-state index >= 15 is 0 Å². The predicted octanol–water partition coefficient (Wildman–Crippen LogP) is 4.65. The molecule has 2 aromatic carbocycles. The molecule has 0 unspecified atom stereocenters. The Morgan fingerprint density at radius 1 is 1.07 bits per heavy atom. The fourth-order valence-corrected chi connectivity index (χ4v) is 2.90. The van der Waals surface area contributed by atoms with E-state index in [1.165, 1.54) is 0 Å². The molecule has 0 saturated carbocycles. The molecule has 0 spiro atoms. The van der Waals surface area contributed by atoms with Crippen LogP contribution in [0.2, 0.25) is 10.0 Å². The highest BCUT2D eigenvalue weighted by molar-refractivity contribution is 6.42. The molecule has 0 fully saturated rings. The van der Waals surface area contributed by atoms with E-state index < -0.39 is 0 Å². The van der Waals surface area contributed by atoms with Gasteiger partial charge in [0.05, 0.1) is 29.4 Å². The van der Waals surface area contributed by atoms with Gasteiger partial charge in [-0.3, -0.25) is 4.79 Å². The maximum Gasteiger partial charge on any atom is 0.263 e. The number of nitrogens with zero attached hydrogens (tertiary/aromatic N) is 2. The van der Waals surface area contributed by atoms with Crippen LogP contribution in [0.25, 0.3) is 0 Å². The van der Waals surface area contributed by atoms with Crippen LogP contribution in [0.5, 0.6) is 11.5 Å². The molecule has 0 aliphatic heterocycles. The summed E-state index contributed by atoms with van der Waals surface area (Å²) in [6.45, 7) is 2.76. The number of rotatable bonds is 8. The highest BCUT2D eigenvalue weighted by atomic mass is 35.5. The number of amides is 1. The molecule has 1 heterocycles. The average molecular weight is 420 g/mol. The van der Waals surface area contributed by atoms with Crippen LogP contribution in [0.1, 0.15) is 12.5 Å². The molecule has 28 heavy (non-hydrogen) atoms. The molecule has 0 aliphatic rings. The zero-order valence-corrected chi connectivity index (χ0v) is 16.7. The van der Waals surface area contributed by atoms with E-state index in [-0.39, 0.29) is 12.5 Å². The van der Waals surface area contributed by atoms with E-state index in [2.05, 4.69) is 10.4 Å². The van der Waals surface area contributed by atoms with Gasteiger partial charge in [0, 0.05) is 6.07 Å². The SMILES string of the molecule is CCOc1ccc(OCC(=O)Nc2ccnn2Cc2cccc(Cl)c2Cl)cc1. The number of carbonyl (C=O) groups excluding carboxylic acids is 1. The Labute approximate surface area is 173 Å². The van der Waals surface area contributed by atoms with Crippen molar-refractivity contribution in [2.45, 2.75) is 13.5 Å². The van der Waals surface area contributed by atoms with Crippen molar-refractivity contribution in [3.8, 4) is 11.5 Å². The summed E-state index contributed by atoms with van der Waals surface area (Å²) < 4.78 is 12.5. The van der Waals surface area contributed by atoms with Gasteiger partial charge in [-0.2, -0.15) is 5.10 Å². The quantitative estimate of drug-likeness (QED) is 0.576. The van der Waals surface area contributed by atoms with Crippen LogP contribution in [0.15, 0.2) is 54.7 Å². The van der Waals surface area contributed by atoms with Gasteiger partial charge in [-0.05, 0) is 42.8 Å². The topological polar surface area (TPSA) is 65.4 Å². The van der Waals surface area contributed by atoms with Crippen LogP contribution in [0.3, 0.4) is 0 Å². The minimum atomic E-state index is -0.298. The van der Waals surface area contributed by atoms with E-state index in [9.17, 15) is 4.79 Å². The van der Waals surface area contributed by atoms with E-state index in [4.69, 9.17) is 32.7 Å². The Morgan fingerprint density at radius 3 is 2.50 bits per heavy atom. The lowest BCUT2D eigenvalue weighted by Crippen LogP contribution is -2.22. The fourth-order valence-electron chi connectivity index (χ4n) is 2.52. The van der Waals surface area contributed by atoms with Crippen molar-refractivity contribution >= 4 is 34.9 Å². The molecule has 3 aromatic rings. The van der Waals surface area contributed by atoms with Crippen molar-refractivity contribution in [1.82, 2.24) is 9.78 Å². The minimum absolute atomic E-state index is 0.128. The summed E-state index contributed by atoms with van der Waals surface area (Å²) in [5, 5.41) is 7.95. The van der Waals surface area contributed by atoms with Gasteiger partial charge in [-0.25, -0.2) is 4.68 Å². The summed E-state index contributed by atoms with van der Waals surface area (Å²) in [5.41, 5.74) is 0.805. The van der Waals surface area contributed by atoms with Crippen molar-refractivity contribution in [3.05, 3.63) is 70.3 Å². The molecule has 6 nitrogen and oxygen atoms in total. The number of anilines is 1. The molecule has 0 aliphatic carbocycles. The number of hydrogen-bond acceptors (Lipinski definition) is 4. The Balaban J connectivity index is 1.57. The van der Waals surface area contributed by atoms with Crippen molar-refractivity contribution < 1.29 is 14.3 Å². The zero-order chi connectivity index (χ0) is 19.9. The van der Waals surface area contributed by atoms with Gasteiger partial charge in [-0.15, -0.1) is 0 Å². The summed E-state index contributed by atoms with van der Waals surface area (Å²) in [6, 6.07) is 14.2. The van der Waals surface area contributed by atoms with Gasteiger partial charge >= 0.3 is 0 Å². The van der Waals surface area contributed by atoms with E-state index in [1.54, 1.807) is 47.3 Å². The van der Waals surface area contributed by atoms with Crippen LogP contribution in [-0.4, -0.2) is 28.9 Å². The molecule has 8 heteroatoms. The number of carbonyl (C=O) groups is 1. The smallest absolute Gasteiger partial charge is 0.263 e. The van der Waals surface area contributed by atoms with E-state index in [1.807, 2.05) is 19.1 Å². The Morgan fingerprint density at radius 2 is 1.79 bits per heavy atom. The summed E-state index contributed by atoms with van der Waals surface area (Å²) >= 11 is 12.3. The van der Waals surface area contributed by atoms with Gasteiger partial charge in [0.2, 0.25) is 0 Å². The summed E-state index contributed by atoms with van der Waals surface area (Å²) in [7, 11) is 0. The number of hydrogen-bond donors (Lipinski definition) is 1. The third-order valence-electron chi connectivity index (χ3n) is 3.84. The number of ether oxygens (including phenoxy) is 2. The Hall–Kier alpha value is -2.70. The zero-order valence-electron chi connectivity index (χ0n) is 15.2. The first-order chi connectivity index (χ1) is 13.6. The largest absolute Gasteiger partial charge is 0.494 e. The van der Waals surface area contributed by atoms with Crippen LogP contribution in [-0.2, 0) is 11.3 Å². The second-order valence-corrected chi connectivity index (χ2v) is 6.61. The van der Waals surface area contributed by atoms with Crippen LogP contribution in [0.4, 0.5) is 5.82 Å². The summed E-state index contributed by atoms with van der Waals surface area (Å²) in [4.78, 5) is 12.2. The lowest BCUT2D eigenvalue weighted by molar-refractivity contribution is -0.118. The lowest BCUT2D eigenvalue weighted by atomic mass is 10.2. The monoisotopic (exact) mass is 419 g/mol.